The van der Waals surface area contributed by atoms with Crippen LogP contribution in [0.1, 0.15) is 49.4 Å². The van der Waals surface area contributed by atoms with Gasteiger partial charge in [0.2, 0.25) is 0 Å². The van der Waals surface area contributed by atoms with Gasteiger partial charge in [-0.05, 0) is 49.9 Å². The van der Waals surface area contributed by atoms with Gasteiger partial charge in [-0.1, -0.05) is 13.8 Å². The molecule has 19 heavy (non-hydrogen) atoms. The molecule has 0 saturated carbocycles. The van der Waals surface area contributed by atoms with E-state index in [0.717, 1.165) is 25.4 Å². The monoisotopic (exact) mass is 265 g/mol. The number of likely N-dealkylation sites (tertiary alicyclic amines) is 1. The van der Waals surface area contributed by atoms with Crippen LogP contribution >= 0.6 is 0 Å². The Morgan fingerprint density at radius 2 is 2.21 bits per heavy atom. The van der Waals surface area contributed by atoms with E-state index >= 15 is 0 Å². The van der Waals surface area contributed by atoms with Gasteiger partial charge in [0, 0.05) is 0 Å². The van der Waals surface area contributed by atoms with E-state index in [1.807, 2.05) is 6.07 Å². The molecule has 1 aromatic rings. The normalized spacial score (nSPS) is 19.9. The predicted molar refractivity (Wildman–Crippen MR) is 73.3 cm³/mol. The van der Waals surface area contributed by atoms with Crippen molar-refractivity contribution >= 4 is 5.91 Å². The zero-order valence-corrected chi connectivity index (χ0v) is 11.7. The van der Waals surface area contributed by atoms with Gasteiger partial charge in [-0.2, -0.15) is 0 Å². The molecule has 1 aliphatic rings. The number of hydrogen-bond donors (Lipinski definition) is 2. The van der Waals surface area contributed by atoms with Crippen LogP contribution in [-0.4, -0.2) is 23.9 Å². The molecule has 1 aliphatic heterocycles. The second-order valence-electron chi connectivity index (χ2n) is 6.03. The van der Waals surface area contributed by atoms with E-state index in [-0.39, 0.29) is 11.7 Å². The first kappa shape index (κ1) is 14.1. The van der Waals surface area contributed by atoms with Gasteiger partial charge in [-0.15, -0.1) is 0 Å². The SMILES string of the molecule is CC1(C)CCCN(Cc2ccc(C(=O)NN)o2)CC1. The Labute approximate surface area is 114 Å². The average molecular weight is 265 g/mol. The first-order valence-corrected chi connectivity index (χ1v) is 6.82. The summed E-state index contributed by atoms with van der Waals surface area (Å²) in [5, 5.41) is 0. The number of amides is 1. The molecular weight excluding hydrogens is 242 g/mol. The minimum absolute atomic E-state index is 0.271. The van der Waals surface area contributed by atoms with Gasteiger partial charge in [0.1, 0.15) is 5.76 Å². The lowest BCUT2D eigenvalue weighted by atomic mass is 9.85. The summed E-state index contributed by atoms with van der Waals surface area (Å²) in [6.45, 7) is 7.57. The number of nitrogen functional groups attached to an aromatic ring is 1. The van der Waals surface area contributed by atoms with Gasteiger partial charge in [-0.25, -0.2) is 5.84 Å². The Hall–Kier alpha value is -1.33. The third-order valence-electron chi connectivity index (χ3n) is 3.83. The van der Waals surface area contributed by atoms with Crippen LogP contribution in [0.2, 0.25) is 0 Å². The fraction of sp³-hybridized carbons (Fsp3) is 0.643. The Bertz CT molecular complexity index is 440. The summed E-state index contributed by atoms with van der Waals surface area (Å²) in [4.78, 5) is 13.7. The summed E-state index contributed by atoms with van der Waals surface area (Å²) < 4.78 is 5.50. The summed E-state index contributed by atoms with van der Waals surface area (Å²) in [6.07, 6.45) is 3.68. The highest BCUT2D eigenvalue weighted by Crippen LogP contribution is 2.30. The number of hydrazine groups is 1. The van der Waals surface area contributed by atoms with Gasteiger partial charge in [0.15, 0.2) is 5.76 Å². The van der Waals surface area contributed by atoms with E-state index in [1.165, 1.54) is 19.3 Å². The van der Waals surface area contributed by atoms with E-state index in [0.29, 0.717) is 5.41 Å². The van der Waals surface area contributed by atoms with Gasteiger partial charge in [0.25, 0.3) is 0 Å². The highest BCUT2D eigenvalue weighted by atomic mass is 16.4. The zero-order chi connectivity index (χ0) is 13.9. The number of nitrogens with one attached hydrogen (secondary N) is 1. The second-order valence-corrected chi connectivity index (χ2v) is 6.03. The van der Waals surface area contributed by atoms with Crippen LogP contribution in [0.4, 0.5) is 0 Å². The minimum Gasteiger partial charge on any atom is -0.455 e. The Kier molecular flexibility index (Phi) is 4.27. The summed E-state index contributed by atoms with van der Waals surface area (Å²) in [5.41, 5.74) is 2.51. The molecule has 1 amide bonds. The molecule has 0 atom stereocenters. The van der Waals surface area contributed by atoms with E-state index < -0.39 is 0 Å². The average Bonchev–Trinajstić information content (AvgIpc) is 2.76. The molecular formula is C14H23N3O2. The molecule has 1 saturated heterocycles. The summed E-state index contributed by atoms with van der Waals surface area (Å²) in [5.74, 6) is 5.78. The third-order valence-corrected chi connectivity index (χ3v) is 3.83. The van der Waals surface area contributed by atoms with Crippen molar-refractivity contribution in [2.24, 2.45) is 11.3 Å². The first-order chi connectivity index (χ1) is 9.00. The smallest absolute Gasteiger partial charge is 0.300 e. The number of carbonyl (C=O) groups excluding carboxylic acids is 1. The van der Waals surface area contributed by atoms with Crippen LogP contribution in [-0.2, 0) is 6.54 Å². The highest BCUT2D eigenvalue weighted by molar-refractivity contribution is 5.90. The molecule has 0 aliphatic carbocycles. The Morgan fingerprint density at radius 3 is 2.95 bits per heavy atom. The minimum atomic E-state index is -0.386. The number of nitrogens with zero attached hydrogens (tertiary/aromatic N) is 1. The van der Waals surface area contributed by atoms with Crippen molar-refractivity contribution in [2.45, 2.75) is 39.7 Å². The molecule has 0 aromatic carbocycles. The number of nitrogens with two attached hydrogens (primary N) is 1. The van der Waals surface area contributed by atoms with Crippen LogP contribution < -0.4 is 11.3 Å². The number of carbonyl (C=O) groups is 1. The van der Waals surface area contributed by atoms with Crippen molar-refractivity contribution in [3.8, 4) is 0 Å². The maximum atomic E-state index is 11.3. The van der Waals surface area contributed by atoms with Crippen molar-refractivity contribution in [3.05, 3.63) is 23.7 Å². The predicted octanol–water partition coefficient (Wildman–Crippen LogP) is 1.90. The fourth-order valence-corrected chi connectivity index (χ4v) is 2.51. The van der Waals surface area contributed by atoms with Gasteiger partial charge >= 0.3 is 5.91 Å². The molecule has 1 aromatic heterocycles. The molecule has 0 unspecified atom stereocenters. The van der Waals surface area contributed by atoms with Crippen molar-refractivity contribution in [1.29, 1.82) is 0 Å². The number of hydrogen-bond acceptors (Lipinski definition) is 4. The zero-order valence-electron chi connectivity index (χ0n) is 11.7. The van der Waals surface area contributed by atoms with Crippen LogP contribution in [0.15, 0.2) is 16.5 Å². The highest BCUT2D eigenvalue weighted by Gasteiger charge is 2.23. The largest absolute Gasteiger partial charge is 0.455 e. The number of furan rings is 1. The summed E-state index contributed by atoms with van der Waals surface area (Å²) in [7, 11) is 0. The van der Waals surface area contributed by atoms with Crippen LogP contribution in [0.3, 0.4) is 0 Å². The van der Waals surface area contributed by atoms with Gasteiger partial charge in [0.05, 0.1) is 6.54 Å². The molecule has 2 heterocycles. The van der Waals surface area contributed by atoms with Gasteiger partial charge in [-0.3, -0.25) is 15.1 Å². The van der Waals surface area contributed by atoms with Gasteiger partial charge < -0.3 is 4.42 Å². The Balaban J connectivity index is 1.94. The molecule has 2 rings (SSSR count). The number of rotatable bonds is 3. The summed E-state index contributed by atoms with van der Waals surface area (Å²) in [6, 6.07) is 3.51. The standard InChI is InChI=1S/C14H23N3O2/c1-14(2)6-3-8-17(9-7-14)10-11-4-5-12(19-11)13(18)16-15/h4-5H,3,6-10,15H2,1-2H3,(H,16,18). The van der Waals surface area contributed by atoms with Crippen molar-refractivity contribution in [2.75, 3.05) is 13.1 Å². The topological polar surface area (TPSA) is 71.5 Å². The summed E-state index contributed by atoms with van der Waals surface area (Å²) >= 11 is 0. The lowest BCUT2D eigenvalue weighted by molar-refractivity contribution is 0.0922. The molecule has 0 bridgehead atoms. The third kappa shape index (κ3) is 3.81. The van der Waals surface area contributed by atoms with E-state index in [4.69, 9.17) is 10.3 Å². The van der Waals surface area contributed by atoms with Crippen LogP contribution in [0, 0.1) is 5.41 Å². The second kappa shape index (κ2) is 5.75. The molecule has 0 radical (unpaired) electrons. The van der Waals surface area contributed by atoms with Crippen molar-refractivity contribution in [1.82, 2.24) is 10.3 Å². The molecule has 5 heteroatoms. The quantitative estimate of drug-likeness (QED) is 0.497. The van der Waals surface area contributed by atoms with Crippen molar-refractivity contribution in [3.63, 3.8) is 0 Å². The molecule has 106 valence electrons. The first-order valence-electron chi connectivity index (χ1n) is 6.82. The Morgan fingerprint density at radius 1 is 1.42 bits per heavy atom. The van der Waals surface area contributed by atoms with E-state index in [9.17, 15) is 4.79 Å². The lowest BCUT2D eigenvalue weighted by Crippen LogP contribution is -2.29. The van der Waals surface area contributed by atoms with E-state index in [1.54, 1.807) is 6.07 Å². The fourth-order valence-electron chi connectivity index (χ4n) is 2.51. The van der Waals surface area contributed by atoms with E-state index in [2.05, 4.69) is 24.2 Å². The molecule has 5 nitrogen and oxygen atoms in total. The molecule has 1 fully saturated rings. The van der Waals surface area contributed by atoms with Crippen molar-refractivity contribution < 1.29 is 9.21 Å². The molecule has 3 N–H and O–H groups in total. The van der Waals surface area contributed by atoms with Crippen LogP contribution in [0.5, 0.6) is 0 Å². The maximum absolute atomic E-state index is 11.3. The molecule has 0 spiro atoms. The van der Waals surface area contributed by atoms with Crippen LogP contribution in [0.25, 0.3) is 0 Å². The maximum Gasteiger partial charge on any atom is 0.300 e. The lowest BCUT2D eigenvalue weighted by Gasteiger charge is -2.22.